The van der Waals surface area contributed by atoms with Crippen molar-refractivity contribution in [2.75, 3.05) is 0 Å². The van der Waals surface area contributed by atoms with E-state index < -0.39 is 5.97 Å². The Hall–Kier alpha value is -2.88. The average molecular weight is 322 g/mol. The van der Waals surface area contributed by atoms with Crippen LogP contribution >= 0.6 is 0 Å². The number of aryl methyl sites for hydroxylation is 2. The summed E-state index contributed by atoms with van der Waals surface area (Å²) in [4.78, 5) is 24.3. The van der Waals surface area contributed by atoms with E-state index in [9.17, 15) is 9.59 Å². The van der Waals surface area contributed by atoms with Gasteiger partial charge in [0.25, 0.3) is 0 Å². The first-order valence-electron chi connectivity index (χ1n) is 7.85. The minimum atomic E-state index is -0.399. The van der Waals surface area contributed by atoms with E-state index in [-0.39, 0.29) is 5.43 Å². The highest BCUT2D eigenvalue weighted by Crippen LogP contribution is 2.29. The summed E-state index contributed by atoms with van der Waals surface area (Å²) in [5.41, 5.74) is 2.53. The van der Waals surface area contributed by atoms with Gasteiger partial charge in [0, 0.05) is 13.0 Å². The van der Waals surface area contributed by atoms with E-state index >= 15 is 0 Å². The van der Waals surface area contributed by atoms with Crippen molar-refractivity contribution in [1.82, 2.24) is 0 Å². The highest BCUT2D eigenvalue weighted by molar-refractivity contribution is 5.85. The minimum absolute atomic E-state index is 0.0796. The molecule has 24 heavy (non-hydrogen) atoms. The van der Waals surface area contributed by atoms with Crippen LogP contribution in [0.25, 0.3) is 22.1 Å². The standard InChI is InChI=1S/C20H18O4/c1-4-14-10-16-18(11-17(14)24-13(3)21)23-12(2)19(20(16)22)15-8-6-5-7-9-15/h5-11H,4H2,1-3H3. The lowest BCUT2D eigenvalue weighted by Gasteiger charge is -2.11. The van der Waals surface area contributed by atoms with Gasteiger partial charge in [0.1, 0.15) is 17.1 Å². The van der Waals surface area contributed by atoms with Crippen LogP contribution in [0.5, 0.6) is 5.75 Å². The van der Waals surface area contributed by atoms with Gasteiger partial charge in [-0.15, -0.1) is 0 Å². The molecule has 0 aliphatic carbocycles. The second-order valence-electron chi connectivity index (χ2n) is 5.63. The first-order chi connectivity index (χ1) is 11.5. The molecule has 0 aliphatic heterocycles. The summed E-state index contributed by atoms with van der Waals surface area (Å²) in [6.45, 7) is 5.06. The lowest BCUT2D eigenvalue weighted by atomic mass is 10.0. The zero-order chi connectivity index (χ0) is 17.3. The van der Waals surface area contributed by atoms with Crippen LogP contribution in [0, 0.1) is 6.92 Å². The van der Waals surface area contributed by atoms with E-state index in [2.05, 4.69) is 0 Å². The normalized spacial score (nSPS) is 10.8. The molecule has 122 valence electrons. The van der Waals surface area contributed by atoms with Gasteiger partial charge in [-0.2, -0.15) is 0 Å². The molecular formula is C20H18O4. The van der Waals surface area contributed by atoms with Crippen molar-refractivity contribution in [2.24, 2.45) is 0 Å². The molecule has 0 saturated heterocycles. The third-order valence-electron chi connectivity index (χ3n) is 3.95. The van der Waals surface area contributed by atoms with Crippen LogP contribution in [0.4, 0.5) is 0 Å². The molecule has 0 aliphatic rings. The van der Waals surface area contributed by atoms with Gasteiger partial charge < -0.3 is 9.15 Å². The van der Waals surface area contributed by atoms with Crippen molar-refractivity contribution in [3.05, 3.63) is 64.0 Å². The summed E-state index contributed by atoms with van der Waals surface area (Å²) in [6.07, 6.45) is 0.645. The quantitative estimate of drug-likeness (QED) is 0.534. The van der Waals surface area contributed by atoms with Gasteiger partial charge in [0.2, 0.25) is 5.43 Å². The Bertz CT molecular complexity index is 968. The van der Waals surface area contributed by atoms with Crippen molar-refractivity contribution in [1.29, 1.82) is 0 Å². The Kier molecular flexibility index (Phi) is 4.21. The molecule has 1 aromatic heterocycles. The molecule has 4 heteroatoms. The summed E-state index contributed by atoms with van der Waals surface area (Å²) >= 11 is 0. The fourth-order valence-corrected chi connectivity index (χ4v) is 2.84. The molecular weight excluding hydrogens is 304 g/mol. The molecule has 3 aromatic rings. The first kappa shape index (κ1) is 16.0. The zero-order valence-electron chi connectivity index (χ0n) is 13.9. The topological polar surface area (TPSA) is 56.5 Å². The maximum Gasteiger partial charge on any atom is 0.308 e. The van der Waals surface area contributed by atoms with Crippen LogP contribution in [0.2, 0.25) is 0 Å². The number of carbonyl (C=O) groups is 1. The highest BCUT2D eigenvalue weighted by atomic mass is 16.5. The van der Waals surface area contributed by atoms with Crippen molar-refractivity contribution >= 4 is 16.9 Å². The van der Waals surface area contributed by atoms with Crippen LogP contribution in [-0.2, 0) is 11.2 Å². The van der Waals surface area contributed by atoms with E-state index in [1.165, 1.54) is 6.92 Å². The second kappa shape index (κ2) is 6.32. The number of hydrogen-bond donors (Lipinski definition) is 0. The molecule has 4 nitrogen and oxygen atoms in total. The Morgan fingerprint density at radius 1 is 1.17 bits per heavy atom. The van der Waals surface area contributed by atoms with Crippen LogP contribution in [0.1, 0.15) is 25.2 Å². The van der Waals surface area contributed by atoms with Crippen molar-refractivity contribution in [3.8, 4) is 16.9 Å². The van der Waals surface area contributed by atoms with Gasteiger partial charge in [-0.25, -0.2) is 0 Å². The van der Waals surface area contributed by atoms with Gasteiger partial charge >= 0.3 is 5.97 Å². The summed E-state index contributed by atoms with van der Waals surface area (Å²) in [6, 6.07) is 12.8. The lowest BCUT2D eigenvalue weighted by Crippen LogP contribution is -2.09. The van der Waals surface area contributed by atoms with Crippen LogP contribution in [0.3, 0.4) is 0 Å². The first-order valence-corrected chi connectivity index (χ1v) is 7.85. The van der Waals surface area contributed by atoms with Gasteiger partial charge in [0.15, 0.2) is 0 Å². The molecule has 1 heterocycles. The SMILES string of the molecule is CCc1cc2c(=O)c(-c3ccccc3)c(C)oc2cc1OC(C)=O. The van der Waals surface area contributed by atoms with Gasteiger partial charge in [0.05, 0.1) is 10.9 Å². The number of carbonyl (C=O) groups excluding carboxylic acids is 1. The van der Waals surface area contributed by atoms with E-state index in [4.69, 9.17) is 9.15 Å². The van der Waals surface area contributed by atoms with Gasteiger partial charge in [-0.1, -0.05) is 37.3 Å². The largest absolute Gasteiger partial charge is 0.460 e. The van der Waals surface area contributed by atoms with Crippen LogP contribution in [0.15, 0.2) is 51.7 Å². The fourth-order valence-electron chi connectivity index (χ4n) is 2.84. The van der Waals surface area contributed by atoms with Crippen LogP contribution in [-0.4, -0.2) is 5.97 Å². The van der Waals surface area contributed by atoms with Crippen LogP contribution < -0.4 is 10.2 Å². The highest BCUT2D eigenvalue weighted by Gasteiger charge is 2.16. The zero-order valence-corrected chi connectivity index (χ0v) is 13.9. The van der Waals surface area contributed by atoms with Crippen molar-refractivity contribution < 1.29 is 13.9 Å². The molecule has 0 radical (unpaired) electrons. The number of esters is 1. The smallest absolute Gasteiger partial charge is 0.308 e. The van der Waals surface area contributed by atoms with Gasteiger partial charge in [-0.3, -0.25) is 9.59 Å². The van der Waals surface area contributed by atoms with E-state index in [1.54, 1.807) is 19.1 Å². The Morgan fingerprint density at radius 3 is 2.50 bits per heavy atom. The number of rotatable bonds is 3. The molecule has 0 fully saturated rings. The Balaban J connectivity index is 2.29. The Labute approximate surface area is 139 Å². The number of ether oxygens (including phenoxy) is 1. The number of benzene rings is 2. The number of hydrogen-bond acceptors (Lipinski definition) is 4. The van der Waals surface area contributed by atoms with E-state index in [0.717, 1.165) is 11.1 Å². The molecule has 0 atom stereocenters. The summed E-state index contributed by atoms with van der Waals surface area (Å²) < 4.78 is 11.1. The predicted molar refractivity (Wildman–Crippen MR) is 93.3 cm³/mol. The average Bonchev–Trinajstić information content (AvgIpc) is 2.55. The monoisotopic (exact) mass is 322 g/mol. The van der Waals surface area contributed by atoms with Gasteiger partial charge in [-0.05, 0) is 30.5 Å². The minimum Gasteiger partial charge on any atom is -0.460 e. The maximum atomic E-state index is 13.0. The summed E-state index contributed by atoms with van der Waals surface area (Å²) in [5, 5.41) is 0.493. The lowest BCUT2D eigenvalue weighted by molar-refractivity contribution is -0.131. The fraction of sp³-hybridized carbons (Fsp3) is 0.200. The molecule has 0 unspecified atom stereocenters. The third-order valence-corrected chi connectivity index (χ3v) is 3.95. The maximum absolute atomic E-state index is 13.0. The number of fused-ring (bicyclic) bond motifs is 1. The van der Waals surface area contributed by atoms with E-state index in [0.29, 0.717) is 34.5 Å². The van der Waals surface area contributed by atoms with Crippen molar-refractivity contribution in [3.63, 3.8) is 0 Å². The molecule has 0 N–H and O–H groups in total. The summed E-state index contributed by atoms with van der Waals surface area (Å²) in [5.74, 6) is 0.577. The molecule has 2 aromatic carbocycles. The molecule has 0 spiro atoms. The van der Waals surface area contributed by atoms with E-state index in [1.807, 2.05) is 37.3 Å². The molecule has 0 bridgehead atoms. The molecule has 0 amide bonds. The third kappa shape index (κ3) is 2.83. The summed E-state index contributed by atoms with van der Waals surface area (Å²) in [7, 11) is 0. The molecule has 3 rings (SSSR count). The Morgan fingerprint density at radius 2 is 1.88 bits per heavy atom. The molecule has 0 saturated carbocycles. The van der Waals surface area contributed by atoms with Crippen molar-refractivity contribution in [2.45, 2.75) is 27.2 Å². The second-order valence-corrected chi connectivity index (χ2v) is 5.63. The predicted octanol–water partition coefficient (Wildman–Crippen LogP) is 4.26.